The maximum absolute atomic E-state index is 12.3. The van der Waals surface area contributed by atoms with Gasteiger partial charge in [0.15, 0.2) is 0 Å². The van der Waals surface area contributed by atoms with Crippen LogP contribution in [0.3, 0.4) is 0 Å². The van der Waals surface area contributed by atoms with Crippen LogP contribution in [0.2, 0.25) is 0 Å². The van der Waals surface area contributed by atoms with Gasteiger partial charge in [-0.3, -0.25) is 9.59 Å². The van der Waals surface area contributed by atoms with Crippen molar-refractivity contribution in [2.24, 2.45) is 5.73 Å². The zero-order chi connectivity index (χ0) is 18.4. The van der Waals surface area contributed by atoms with Gasteiger partial charge in [0.2, 0.25) is 15.9 Å². The monoisotopic (exact) mass is 369 g/mol. The lowest BCUT2D eigenvalue weighted by Gasteiger charge is -2.12. The Morgan fingerprint density at radius 2 is 2.04 bits per heavy atom. The molecule has 25 heavy (non-hydrogen) atoms. The third kappa shape index (κ3) is 5.71. The largest absolute Gasteiger partial charge is 0.493 e. The second-order valence-corrected chi connectivity index (χ2v) is 7.63. The molecule has 2 rings (SSSR count). The van der Waals surface area contributed by atoms with E-state index < -0.39 is 15.9 Å². The number of amides is 2. The number of nitrogens with two attached hydrogens (primary N) is 1. The lowest BCUT2D eigenvalue weighted by atomic mass is 10.2. The number of hydrogen-bond donors (Lipinski definition) is 3. The van der Waals surface area contributed by atoms with Crippen molar-refractivity contribution in [3.63, 3.8) is 0 Å². The Bertz CT molecular complexity index is 744. The van der Waals surface area contributed by atoms with Crippen LogP contribution in [-0.4, -0.2) is 39.4 Å². The van der Waals surface area contributed by atoms with E-state index in [0.29, 0.717) is 6.61 Å². The fourth-order valence-electron chi connectivity index (χ4n) is 2.12. The zero-order valence-electron chi connectivity index (χ0n) is 14.1. The highest BCUT2D eigenvalue weighted by molar-refractivity contribution is 7.89. The van der Waals surface area contributed by atoms with Gasteiger partial charge in [-0.2, -0.15) is 0 Å². The van der Waals surface area contributed by atoms with E-state index in [0.717, 1.165) is 19.3 Å². The number of carbonyl (C=O) groups is 2. The van der Waals surface area contributed by atoms with E-state index in [1.54, 1.807) is 0 Å². The molecule has 8 nitrogen and oxygen atoms in total. The van der Waals surface area contributed by atoms with Gasteiger partial charge in [-0.25, -0.2) is 13.1 Å². The third-order valence-corrected chi connectivity index (χ3v) is 5.03. The number of hydrogen-bond acceptors (Lipinski definition) is 5. The van der Waals surface area contributed by atoms with Crippen molar-refractivity contribution in [3.05, 3.63) is 23.8 Å². The van der Waals surface area contributed by atoms with E-state index in [1.165, 1.54) is 18.2 Å². The van der Waals surface area contributed by atoms with Gasteiger partial charge in [0, 0.05) is 19.0 Å². The summed E-state index contributed by atoms with van der Waals surface area (Å²) in [6, 6.07) is 4.16. The number of nitrogens with one attached hydrogen (secondary N) is 2. The van der Waals surface area contributed by atoms with Gasteiger partial charge in [0.1, 0.15) is 5.75 Å². The number of ether oxygens (including phenoxy) is 1. The zero-order valence-corrected chi connectivity index (χ0v) is 14.9. The minimum Gasteiger partial charge on any atom is -0.493 e. The second-order valence-electron chi connectivity index (χ2n) is 5.86. The van der Waals surface area contributed by atoms with Crippen LogP contribution >= 0.6 is 0 Å². The summed E-state index contributed by atoms with van der Waals surface area (Å²) >= 11 is 0. The summed E-state index contributed by atoms with van der Waals surface area (Å²) < 4.78 is 32.4. The first-order valence-electron chi connectivity index (χ1n) is 8.19. The Morgan fingerprint density at radius 1 is 1.32 bits per heavy atom. The minimum absolute atomic E-state index is 0.00259. The Kier molecular flexibility index (Phi) is 6.38. The molecule has 1 fully saturated rings. The standard InChI is InChI=1S/C16H23N3O5S/c1-2-9-24-14-6-5-12(10-13(14)16(17)21)25(22,23)18-8-7-15(20)19-11-3-4-11/h5-6,10-11,18H,2-4,7-9H2,1H3,(H2,17,21)(H,19,20). The Balaban J connectivity index is 2.02. The molecular weight excluding hydrogens is 346 g/mol. The maximum atomic E-state index is 12.3. The topological polar surface area (TPSA) is 128 Å². The number of sulfonamides is 1. The highest BCUT2D eigenvalue weighted by Crippen LogP contribution is 2.23. The van der Waals surface area contributed by atoms with E-state index in [9.17, 15) is 18.0 Å². The molecule has 1 aliphatic rings. The normalized spacial score (nSPS) is 14.1. The summed E-state index contributed by atoms with van der Waals surface area (Å²) in [6.45, 7) is 2.27. The van der Waals surface area contributed by atoms with Gasteiger partial charge in [-0.05, 0) is 37.5 Å². The van der Waals surface area contributed by atoms with E-state index in [4.69, 9.17) is 10.5 Å². The minimum atomic E-state index is -3.86. The third-order valence-electron chi connectivity index (χ3n) is 3.58. The van der Waals surface area contributed by atoms with Crippen molar-refractivity contribution >= 4 is 21.8 Å². The molecule has 0 unspecified atom stereocenters. The van der Waals surface area contributed by atoms with Crippen LogP contribution in [0.1, 0.15) is 43.0 Å². The molecule has 0 heterocycles. The van der Waals surface area contributed by atoms with Crippen LogP contribution in [0.5, 0.6) is 5.75 Å². The molecule has 1 saturated carbocycles. The predicted molar refractivity (Wildman–Crippen MR) is 91.7 cm³/mol. The summed E-state index contributed by atoms with van der Waals surface area (Å²) in [5.41, 5.74) is 5.31. The van der Waals surface area contributed by atoms with Crippen LogP contribution in [-0.2, 0) is 14.8 Å². The average Bonchev–Trinajstić information content (AvgIpc) is 3.36. The van der Waals surface area contributed by atoms with E-state index in [2.05, 4.69) is 10.0 Å². The highest BCUT2D eigenvalue weighted by Gasteiger charge is 2.23. The fraction of sp³-hybridized carbons (Fsp3) is 0.500. The van der Waals surface area contributed by atoms with Crippen molar-refractivity contribution in [1.82, 2.24) is 10.0 Å². The van der Waals surface area contributed by atoms with E-state index in [1.807, 2.05) is 6.92 Å². The van der Waals surface area contributed by atoms with Crippen molar-refractivity contribution in [1.29, 1.82) is 0 Å². The highest BCUT2D eigenvalue weighted by atomic mass is 32.2. The van der Waals surface area contributed by atoms with Gasteiger partial charge in [0.05, 0.1) is 17.1 Å². The molecule has 1 aliphatic carbocycles. The number of rotatable bonds is 10. The molecule has 0 spiro atoms. The molecule has 2 amide bonds. The summed E-state index contributed by atoms with van der Waals surface area (Å²) in [6.07, 6.45) is 2.73. The van der Waals surface area contributed by atoms with Gasteiger partial charge in [-0.1, -0.05) is 6.92 Å². The van der Waals surface area contributed by atoms with Crippen LogP contribution in [0, 0.1) is 0 Å². The van der Waals surface area contributed by atoms with Crippen LogP contribution < -0.4 is 20.5 Å². The number of benzene rings is 1. The smallest absolute Gasteiger partial charge is 0.252 e. The fourth-order valence-corrected chi connectivity index (χ4v) is 3.17. The first-order chi connectivity index (χ1) is 11.8. The number of primary amides is 1. The molecule has 0 radical (unpaired) electrons. The van der Waals surface area contributed by atoms with Crippen molar-refractivity contribution in [2.45, 2.75) is 43.5 Å². The molecule has 0 aliphatic heterocycles. The SMILES string of the molecule is CCCOc1ccc(S(=O)(=O)NCCC(=O)NC2CC2)cc1C(N)=O. The Morgan fingerprint density at radius 3 is 2.64 bits per heavy atom. The Labute approximate surface area is 147 Å². The van der Waals surface area contributed by atoms with Crippen LogP contribution in [0.25, 0.3) is 0 Å². The van der Waals surface area contributed by atoms with Crippen molar-refractivity contribution in [3.8, 4) is 5.75 Å². The number of carbonyl (C=O) groups excluding carboxylic acids is 2. The first-order valence-corrected chi connectivity index (χ1v) is 9.67. The molecule has 0 aromatic heterocycles. The molecule has 0 saturated heterocycles. The lowest BCUT2D eigenvalue weighted by Crippen LogP contribution is -2.31. The molecule has 138 valence electrons. The van der Waals surface area contributed by atoms with Crippen LogP contribution in [0.4, 0.5) is 0 Å². The Hall–Kier alpha value is -2.13. The molecule has 1 aromatic carbocycles. The van der Waals surface area contributed by atoms with Crippen LogP contribution in [0.15, 0.2) is 23.1 Å². The molecule has 1 aromatic rings. The summed E-state index contributed by atoms with van der Waals surface area (Å²) in [7, 11) is -3.86. The van der Waals surface area contributed by atoms with Crippen molar-refractivity contribution in [2.75, 3.05) is 13.2 Å². The molecule has 0 atom stereocenters. The summed E-state index contributed by atoms with van der Waals surface area (Å²) in [5, 5.41) is 2.78. The summed E-state index contributed by atoms with van der Waals surface area (Å²) in [5.74, 6) is -0.713. The van der Waals surface area contributed by atoms with E-state index in [-0.39, 0.29) is 41.1 Å². The first kappa shape index (κ1) is 19.2. The van der Waals surface area contributed by atoms with Gasteiger partial charge >= 0.3 is 0 Å². The maximum Gasteiger partial charge on any atom is 0.252 e. The second kappa shape index (κ2) is 8.30. The quantitative estimate of drug-likeness (QED) is 0.554. The van der Waals surface area contributed by atoms with Gasteiger partial charge in [-0.15, -0.1) is 0 Å². The molecule has 0 bridgehead atoms. The van der Waals surface area contributed by atoms with E-state index >= 15 is 0 Å². The predicted octanol–water partition coefficient (Wildman–Crippen LogP) is 0.521. The molecular formula is C16H23N3O5S. The average molecular weight is 369 g/mol. The van der Waals surface area contributed by atoms with Gasteiger partial charge < -0.3 is 15.8 Å². The molecule has 4 N–H and O–H groups in total. The van der Waals surface area contributed by atoms with Crippen molar-refractivity contribution < 1.29 is 22.7 Å². The summed E-state index contributed by atoms with van der Waals surface area (Å²) in [4.78, 5) is 23.0. The lowest BCUT2D eigenvalue weighted by molar-refractivity contribution is -0.121. The molecule has 9 heteroatoms. The van der Waals surface area contributed by atoms with Gasteiger partial charge in [0.25, 0.3) is 5.91 Å².